The monoisotopic (exact) mass is 431 g/mol. The number of anilines is 1. The second kappa shape index (κ2) is 7.67. The number of piperidine rings is 1. The van der Waals surface area contributed by atoms with Crippen molar-refractivity contribution in [3.05, 3.63) is 58.6 Å². The Balaban J connectivity index is 1.55. The molecule has 0 aromatic heterocycles. The van der Waals surface area contributed by atoms with Gasteiger partial charge in [-0.1, -0.05) is 23.7 Å². The molecule has 0 atom stereocenters. The van der Waals surface area contributed by atoms with Crippen molar-refractivity contribution in [1.29, 1.82) is 5.26 Å². The second-order valence-electron chi connectivity index (χ2n) is 6.94. The van der Waals surface area contributed by atoms with Crippen LogP contribution in [0.2, 0.25) is 5.02 Å². The number of amides is 1. The van der Waals surface area contributed by atoms with E-state index in [0.717, 1.165) is 11.3 Å². The van der Waals surface area contributed by atoms with Gasteiger partial charge in [0.2, 0.25) is 10.0 Å². The summed E-state index contributed by atoms with van der Waals surface area (Å²) >= 11 is 6.04. The van der Waals surface area contributed by atoms with Crippen LogP contribution in [0.4, 0.5) is 10.5 Å². The van der Waals surface area contributed by atoms with Crippen LogP contribution in [0.5, 0.6) is 0 Å². The van der Waals surface area contributed by atoms with Crippen LogP contribution in [-0.2, 0) is 21.4 Å². The van der Waals surface area contributed by atoms with Crippen molar-refractivity contribution in [1.82, 2.24) is 4.31 Å². The Kier molecular flexibility index (Phi) is 5.21. The molecule has 2 aromatic carbocycles. The number of carbonyl (C=O) groups excluding carboxylic acids is 1. The Morgan fingerprint density at radius 1 is 1.14 bits per heavy atom. The molecule has 0 radical (unpaired) electrons. The molecule has 1 fully saturated rings. The molecule has 2 aromatic rings. The fourth-order valence-corrected chi connectivity index (χ4v) is 5.63. The molecule has 150 valence electrons. The van der Waals surface area contributed by atoms with Gasteiger partial charge < -0.3 is 4.74 Å². The summed E-state index contributed by atoms with van der Waals surface area (Å²) in [5.74, 6) is 0. The minimum atomic E-state index is -3.78. The van der Waals surface area contributed by atoms with Crippen LogP contribution in [0.25, 0.3) is 0 Å². The zero-order chi connectivity index (χ0) is 20.6. The van der Waals surface area contributed by atoms with Crippen molar-refractivity contribution in [3.8, 4) is 6.07 Å². The lowest BCUT2D eigenvalue weighted by Gasteiger charge is -2.39. The molecule has 0 unspecified atom stereocenters. The lowest BCUT2D eigenvalue weighted by atomic mass is 10.0. The molecule has 2 heterocycles. The van der Waals surface area contributed by atoms with E-state index in [4.69, 9.17) is 16.3 Å². The Hall–Kier alpha value is -2.60. The molecular formula is C20H18ClN3O4S. The number of sulfonamides is 1. The normalized spacial score (nSPS) is 18.1. The predicted octanol–water partition coefficient (Wildman–Crippen LogP) is 3.52. The molecule has 0 saturated carbocycles. The van der Waals surface area contributed by atoms with Crippen LogP contribution in [0, 0.1) is 11.3 Å². The molecular weight excluding hydrogens is 414 g/mol. The van der Waals surface area contributed by atoms with Crippen LogP contribution >= 0.6 is 11.6 Å². The van der Waals surface area contributed by atoms with Gasteiger partial charge in [0, 0.05) is 29.7 Å². The smallest absolute Gasteiger partial charge is 0.414 e. The summed E-state index contributed by atoms with van der Waals surface area (Å²) < 4.78 is 32.7. The van der Waals surface area contributed by atoms with E-state index < -0.39 is 16.1 Å². The van der Waals surface area contributed by atoms with Gasteiger partial charge >= 0.3 is 6.09 Å². The van der Waals surface area contributed by atoms with E-state index in [0.29, 0.717) is 17.9 Å². The maximum absolute atomic E-state index is 13.0. The number of nitrogens with zero attached hydrogens (tertiary/aromatic N) is 3. The Morgan fingerprint density at radius 2 is 1.86 bits per heavy atom. The highest BCUT2D eigenvalue weighted by molar-refractivity contribution is 7.89. The summed E-state index contributed by atoms with van der Waals surface area (Å²) in [6.45, 7) is 0.669. The zero-order valence-electron chi connectivity index (χ0n) is 15.4. The van der Waals surface area contributed by atoms with Gasteiger partial charge in [-0.25, -0.2) is 13.2 Å². The highest BCUT2D eigenvalue weighted by Crippen LogP contribution is 2.34. The van der Waals surface area contributed by atoms with E-state index in [2.05, 4.69) is 0 Å². The highest BCUT2D eigenvalue weighted by atomic mass is 35.5. The van der Waals surface area contributed by atoms with E-state index >= 15 is 0 Å². The van der Waals surface area contributed by atoms with Crippen molar-refractivity contribution in [2.75, 3.05) is 18.0 Å². The van der Waals surface area contributed by atoms with Gasteiger partial charge in [-0.15, -0.1) is 0 Å². The van der Waals surface area contributed by atoms with E-state index in [9.17, 15) is 18.5 Å². The molecule has 1 amide bonds. The van der Waals surface area contributed by atoms with Gasteiger partial charge in [0.1, 0.15) is 12.7 Å². The van der Waals surface area contributed by atoms with Crippen LogP contribution in [-0.4, -0.2) is 37.9 Å². The van der Waals surface area contributed by atoms with Gasteiger partial charge in [-0.2, -0.15) is 9.57 Å². The number of nitriles is 1. The number of halogens is 1. The summed E-state index contributed by atoms with van der Waals surface area (Å²) in [4.78, 5) is 14.0. The van der Waals surface area contributed by atoms with Gasteiger partial charge in [-0.3, -0.25) is 4.90 Å². The average Bonchev–Trinajstić information content (AvgIpc) is 2.74. The third-order valence-electron chi connectivity index (χ3n) is 5.26. The molecule has 0 N–H and O–H groups in total. The summed E-state index contributed by atoms with van der Waals surface area (Å²) in [6, 6.07) is 13.2. The molecule has 2 aliphatic heterocycles. The molecule has 4 rings (SSSR count). The van der Waals surface area contributed by atoms with Crippen molar-refractivity contribution < 1.29 is 17.9 Å². The quantitative estimate of drug-likeness (QED) is 0.741. The second-order valence-corrected chi connectivity index (χ2v) is 9.28. The maximum Gasteiger partial charge on any atom is 0.414 e. The first-order valence-corrected chi connectivity index (χ1v) is 11.0. The third kappa shape index (κ3) is 3.57. The molecule has 2 aliphatic rings. The van der Waals surface area contributed by atoms with E-state index in [1.54, 1.807) is 35.2 Å². The number of rotatable bonds is 3. The van der Waals surface area contributed by atoms with Gasteiger partial charge in [0.25, 0.3) is 0 Å². The van der Waals surface area contributed by atoms with E-state index in [1.165, 1.54) is 16.4 Å². The van der Waals surface area contributed by atoms with Crippen molar-refractivity contribution >= 4 is 33.4 Å². The fourth-order valence-electron chi connectivity index (χ4n) is 3.82. The molecule has 0 spiro atoms. The summed E-state index contributed by atoms with van der Waals surface area (Å²) in [6.07, 6.45) is 0.493. The molecule has 0 aliphatic carbocycles. The number of carbonyl (C=O) groups is 1. The molecule has 1 saturated heterocycles. The lowest BCUT2D eigenvalue weighted by Crippen LogP contribution is -2.50. The number of fused-ring (bicyclic) bond motifs is 1. The van der Waals surface area contributed by atoms with E-state index in [-0.39, 0.29) is 36.2 Å². The first-order chi connectivity index (χ1) is 13.9. The van der Waals surface area contributed by atoms with E-state index in [1.807, 2.05) is 6.07 Å². The topological polar surface area (TPSA) is 90.7 Å². The zero-order valence-corrected chi connectivity index (χ0v) is 17.0. The van der Waals surface area contributed by atoms with Crippen LogP contribution in [0.3, 0.4) is 0 Å². The minimum absolute atomic E-state index is 0.0123. The lowest BCUT2D eigenvalue weighted by molar-refractivity contribution is 0.136. The molecule has 0 bridgehead atoms. The predicted molar refractivity (Wildman–Crippen MR) is 107 cm³/mol. The molecule has 7 nitrogen and oxygen atoms in total. The van der Waals surface area contributed by atoms with Crippen molar-refractivity contribution in [2.45, 2.75) is 30.4 Å². The first kappa shape index (κ1) is 19.7. The Morgan fingerprint density at radius 3 is 2.59 bits per heavy atom. The minimum Gasteiger partial charge on any atom is -0.444 e. The Bertz CT molecular complexity index is 1100. The number of benzene rings is 2. The van der Waals surface area contributed by atoms with Gasteiger partial charge in [0.15, 0.2) is 0 Å². The largest absolute Gasteiger partial charge is 0.444 e. The van der Waals surface area contributed by atoms with Crippen molar-refractivity contribution in [2.24, 2.45) is 0 Å². The SMILES string of the molecule is N#Cc1ccccc1S(=O)(=O)N1CCC(N2C(=O)OCc3cc(Cl)ccc32)CC1. The summed E-state index contributed by atoms with van der Waals surface area (Å²) in [5, 5.41) is 9.80. The fraction of sp³-hybridized carbons (Fsp3) is 0.300. The first-order valence-electron chi connectivity index (χ1n) is 9.15. The average molecular weight is 432 g/mol. The third-order valence-corrected chi connectivity index (χ3v) is 7.45. The van der Waals surface area contributed by atoms with Crippen LogP contribution in [0.1, 0.15) is 24.0 Å². The number of hydrogen-bond acceptors (Lipinski definition) is 5. The highest BCUT2D eigenvalue weighted by Gasteiger charge is 2.37. The van der Waals surface area contributed by atoms with Crippen molar-refractivity contribution in [3.63, 3.8) is 0 Å². The standard InChI is InChI=1S/C20H18ClN3O4S/c21-16-5-6-18-15(11-16)13-28-20(25)24(18)17-7-9-23(10-8-17)29(26,27)19-4-2-1-3-14(19)12-22/h1-6,11,17H,7-10,13H2. The maximum atomic E-state index is 13.0. The molecule has 9 heteroatoms. The number of hydrogen-bond donors (Lipinski definition) is 0. The summed E-state index contributed by atoms with van der Waals surface area (Å²) in [5.41, 5.74) is 1.71. The number of cyclic esters (lactones) is 1. The number of ether oxygens (including phenoxy) is 1. The Labute approximate surface area is 174 Å². The molecule has 29 heavy (non-hydrogen) atoms. The summed E-state index contributed by atoms with van der Waals surface area (Å²) in [7, 11) is -3.78. The van der Waals surface area contributed by atoms with Crippen LogP contribution < -0.4 is 4.90 Å². The van der Waals surface area contributed by atoms with Crippen LogP contribution in [0.15, 0.2) is 47.4 Å². The van der Waals surface area contributed by atoms with Gasteiger partial charge in [0.05, 0.1) is 16.1 Å². The van der Waals surface area contributed by atoms with Gasteiger partial charge in [-0.05, 0) is 43.2 Å².